The van der Waals surface area contributed by atoms with Crippen LogP contribution in [-0.2, 0) is 5.41 Å². The summed E-state index contributed by atoms with van der Waals surface area (Å²) in [6.07, 6.45) is 4.75. The van der Waals surface area contributed by atoms with Gasteiger partial charge in [-0.05, 0) is 74.4 Å². The Morgan fingerprint density at radius 3 is 2.70 bits per heavy atom. The SMILES string of the molecule is COc1cccc([C@@]23CCN(CC4CC4)C[C@H]2C(O)C[C@H](N(C)C(=O)c2ccccc2)C3)c1. The first-order valence-corrected chi connectivity index (χ1v) is 12.4. The number of carbonyl (C=O) groups excluding carboxylic acids is 1. The van der Waals surface area contributed by atoms with Crippen molar-refractivity contribution in [2.45, 2.75) is 49.7 Å². The van der Waals surface area contributed by atoms with Crippen LogP contribution in [-0.4, -0.2) is 66.8 Å². The highest BCUT2D eigenvalue weighted by Crippen LogP contribution is 2.51. The molecular formula is C28H36N2O3. The van der Waals surface area contributed by atoms with E-state index in [1.165, 1.54) is 18.4 Å². The molecule has 1 saturated heterocycles. The fourth-order valence-corrected chi connectivity index (χ4v) is 6.26. The molecule has 3 fully saturated rings. The molecule has 0 spiro atoms. The van der Waals surface area contributed by atoms with Gasteiger partial charge in [0, 0.05) is 43.1 Å². The zero-order valence-electron chi connectivity index (χ0n) is 19.8. The second kappa shape index (κ2) is 9.11. The molecule has 3 aliphatic rings. The van der Waals surface area contributed by atoms with Crippen molar-refractivity contribution in [2.24, 2.45) is 11.8 Å². The second-order valence-electron chi connectivity index (χ2n) is 10.4. The van der Waals surface area contributed by atoms with E-state index in [2.05, 4.69) is 23.1 Å². The van der Waals surface area contributed by atoms with Crippen LogP contribution in [0.5, 0.6) is 5.75 Å². The summed E-state index contributed by atoms with van der Waals surface area (Å²) in [6.45, 7) is 3.13. The number of amides is 1. The molecule has 1 N–H and O–H groups in total. The number of ether oxygens (including phenoxy) is 1. The first kappa shape index (κ1) is 22.4. The smallest absolute Gasteiger partial charge is 0.253 e. The van der Waals surface area contributed by atoms with Gasteiger partial charge in [-0.1, -0.05) is 30.3 Å². The summed E-state index contributed by atoms with van der Waals surface area (Å²) in [4.78, 5) is 17.7. The molecule has 1 heterocycles. The molecule has 2 saturated carbocycles. The van der Waals surface area contributed by atoms with E-state index in [9.17, 15) is 9.90 Å². The number of methoxy groups -OCH3 is 1. The van der Waals surface area contributed by atoms with E-state index in [1.807, 2.05) is 48.3 Å². The van der Waals surface area contributed by atoms with E-state index in [4.69, 9.17) is 4.74 Å². The number of carbonyl (C=O) groups is 1. The van der Waals surface area contributed by atoms with E-state index < -0.39 is 6.10 Å². The molecule has 5 rings (SSSR count). The minimum absolute atomic E-state index is 0.00913. The number of benzene rings is 2. The van der Waals surface area contributed by atoms with Crippen molar-refractivity contribution in [3.63, 3.8) is 0 Å². The highest BCUT2D eigenvalue weighted by atomic mass is 16.5. The average molecular weight is 449 g/mol. The number of aliphatic hydroxyl groups is 1. The number of rotatable bonds is 6. The quantitative estimate of drug-likeness (QED) is 0.727. The van der Waals surface area contributed by atoms with Gasteiger partial charge in [-0.25, -0.2) is 0 Å². The van der Waals surface area contributed by atoms with Gasteiger partial charge in [0.05, 0.1) is 13.2 Å². The Bertz CT molecular complexity index is 976. The zero-order valence-corrected chi connectivity index (χ0v) is 19.8. The molecule has 176 valence electrons. The zero-order chi connectivity index (χ0) is 23.0. The van der Waals surface area contributed by atoms with Crippen LogP contribution in [0.15, 0.2) is 54.6 Å². The van der Waals surface area contributed by atoms with Crippen LogP contribution in [0, 0.1) is 11.8 Å². The van der Waals surface area contributed by atoms with Gasteiger partial charge < -0.3 is 19.6 Å². The summed E-state index contributed by atoms with van der Waals surface area (Å²) in [5, 5.41) is 11.5. The van der Waals surface area contributed by atoms with Gasteiger partial charge in [-0.15, -0.1) is 0 Å². The predicted molar refractivity (Wildman–Crippen MR) is 130 cm³/mol. The van der Waals surface area contributed by atoms with Gasteiger partial charge in [-0.2, -0.15) is 0 Å². The summed E-state index contributed by atoms with van der Waals surface area (Å²) in [5.74, 6) is 1.88. The van der Waals surface area contributed by atoms with Crippen molar-refractivity contribution in [1.29, 1.82) is 0 Å². The molecule has 33 heavy (non-hydrogen) atoms. The lowest BCUT2D eigenvalue weighted by atomic mass is 9.56. The number of hydrogen-bond acceptors (Lipinski definition) is 4. The first-order valence-electron chi connectivity index (χ1n) is 12.4. The van der Waals surface area contributed by atoms with Gasteiger partial charge in [-0.3, -0.25) is 4.79 Å². The highest BCUT2D eigenvalue weighted by molar-refractivity contribution is 5.94. The number of fused-ring (bicyclic) bond motifs is 1. The Morgan fingerprint density at radius 2 is 1.97 bits per heavy atom. The van der Waals surface area contributed by atoms with Crippen LogP contribution in [0.1, 0.15) is 48.0 Å². The fraction of sp³-hybridized carbons (Fsp3) is 0.536. The minimum atomic E-state index is -0.442. The monoisotopic (exact) mass is 448 g/mol. The van der Waals surface area contributed by atoms with Crippen LogP contribution < -0.4 is 4.74 Å². The lowest BCUT2D eigenvalue weighted by Crippen LogP contribution is -2.61. The third kappa shape index (κ3) is 4.41. The molecule has 4 atom stereocenters. The maximum Gasteiger partial charge on any atom is 0.253 e. The molecule has 5 nitrogen and oxygen atoms in total. The Hall–Kier alpha value is -2.37. The number of nitrogens with zero attached hydrogens (tertiary/aromatic N) is 2. The molecule has 0 radical (unpaired) electrons. The third-order valence-corrected chi connectivity index (χ3v) is 8.36. The lowest BCUT2D eigenvalue weighted by Gasteiger charge is -2.56. The summed E-state index contributed by atoms with van der Waals surface area (Å²) in [5.41, 5.74) is 1.77. The summed E-state index contributed by atoms with van der Waals surface area (Å²) in [6, 6.07) is 17.9. The Morgan fingerprint density at radius 1 is 1.18 bits per heavy atom. The van der Waals surface area contributed by atoms with E-state index >= 15 is 0 Å². The largest absolute Gasteiger partial charge is 0.497 e. The van der Waals surface area contributed by atoms with Crippen LogP contribution in [0.3, 0.4) is 0 Å². The summed E-state index contributed by atoms with van der Waals surface area (Å²) in [7, 11) is 3.60. The van der Waals surface area contributed by atoms with Crippen molar-refractivity contribution in [3.05, 3.63) is 65.7 Å². The molecule has 2 aromatic carbocycles. The molecule has 1 aliphatic heterocycles. The van der Waals surface area contributed by atoms with E-state index in [-0.39, 0.29) is 23.3 Å². The van der Waals surface area contributed by atoms with Crippen LogP contribution in [0.4, 0.5) is 0 Å². The minimum Gasteiger partial charge on any atom is -0.497 e. The third-order valence-electron chi connectivity index (χ3n) is 8.36. The normalized spacial score (nSPS) is 29.8. The number of hydrogen-bond donors (Lipinski definition) is 1. The Kier molecular flexibility index (Phi) is 6.19. The second-order valence-corrected chi connectivity index (χ2v) is 10.4. The van der Waals surface area contributed by atoms with Crippen molar-refractivity contribution >= 4 is 5.91 Å². The topological polar surface area (TPSA) is 53.0 Å². The van der Waals surface area contributed by atoms with E-state index in [0.717, 1.165) is 44.1 Å². The maximum absolute atomic E-state index is 13.2. The standard InChI is InChI=1S/C28H36N2O3/c1-29(27(32)21-7-4-3-5-8-21)23-16-26(31)25-19-30(18-20-11-12-20)14-13-28(25,17-23)22-9-6-10-24(15-22)33-2/h3-10,15,20,23,25-26,31H,11-14,16-19H2,1-2H3/t23-,25-,26?,28-/m0/s1. The van der Waals surface area contributed by atoms with Gasteiger partial charge in [0.2, 0.25) is 0 Å². The van der Waals surface area contributed by atoms with Gasteiger partial charge in [0.25, 0.3) is 5.91 Å². The molecule has 1 unspecified atom stereocenters. The van der Waals surface area contributed by atoms with Crippen LogP contribution >= 0.6 is 0 Å². The maximum atomic E-state index is 13.2. The van der Waals surface area contributed by atoms with Crippen molar-refractivity contribution in [2.75, 3.05) is 33.8 Å². The van der Waals surface area contributed by atoms with Crippen molar-refractivity contribution in [3.8, 4) is 5.75 Å². The van der Waals surface area contributed by atoms with E-state index in [1.54, 1.807) is 7.11 Å². The van der Waals surface area contributed by atoms with E-state index in [0.29, 0.717) is 12.0 Å². The van der Waals surface area contributed by atoms with Gasteiger partial charge in [0.1, 0.15) is 5.75 Å². The number of piperidine rings is 1. The molecule has 1 amide bonds. The Labute approximate surface area is 197 Å². The number of aliphatic hydroxyl groups excluding tert-OH is 1. The average Bonchev–Trinajstić information content (AvgIpc) is 3.68. The Balaban J connectivity index is 1.46. The number of likely N-dealkylation sites (tertiary alicyclic amines) is 1. The van der Waals surface area contributed by atoms with Gasteiger partial charge >= 0.3 is 0 Å². The van der Waals surface area contributed by atoms with Crippen LogP contribution in [0.2, 0.25) is 0 Å². The fourth-order valence-electron chi connectivity index (χ4n) is 6.26. The predicted octanol–water partition coefficient (Wildman–Crippen LogP) is 3.96. The van der Waals surface area contributed by atoms with Gasteiger partial charge in [0.15, 0.2) is 0 Å². The molecule has 2 aromatic rings. The summed E-state index contributed by atoms with van der Waals surface area (Å²) >= 11 is 0. The highest BCUT2D eigenvalue weighted by Gasteiger charge is 2.53. The van der Waals surface area contributed by atoms with Crippen molar-refractivity contribution in [1.82, 2.24) is 9.80 Å². The van der Waals surface area contributed by atoms with Crippen molar-refractivity contribution < 1.29 is 14.6 Å². The molecule has 0 aromatic heterocycles. The molecular weight excluding hydrogens is 412 g/mol. The lowest BCUT2D eigenvalue weighted by molar-refractivity contribution is -0.0618. The first-order chi connectivity index (χ1) is 16.0. The van der Waals surface area contributed by atoms with Crippen LogP contribution in [0.25, 0.3) is 0 Å². The molecule has 2 aliphatic carbocycles. The molecule has 0 bridgehead atoms. The summed E-state index contributed by atoms with van der Waals surface area (Å²) < 4.78 is 5.56. The molecule has 5 heteroatoms.